The number of hydrogen-bond donors (Lipinski definition) is 0. The average molecular weight is 220 g/mol. The van der Waals surface area contributed by atoms with Crippen molar-refractivity contribution in [3.8, 4) is 5.75 Å². The number of carbonyl (C=O) groups excluding carboxylic acids is 1. The van der Waals surface area contributed by atoms with Crippen LogP contribution < -0.4 is 4.74 Å². The summed E-state index contributed by atoms with van der Waals surface area (Å²) < 4.78 is 5.07. The van der Waals surface area contributed by atoms with Crippen LogP contribution in [0.3, 0.4) is 0 Å². The van der Waals surface area contributed by atoms with Crippen LogP contribution in [0, 0.1) is 5.41 Å². The molecule has 0 saturated carbocycles. The monoisotopic (exact) mass is 220 g/mol. The van der Waals surface area contributed by atoms with Gasteiger partial charge in [0, 0.05) is 12.8 Å². The van der Waals surface area contributed by atoms with Crippen LogP contribution >= 0.6 is 0 Å². The first-order chi connectivity index (χ1) is 7.40. The van der Waals surface area contributed by atoms with Gasteiger partial charge in [-0.1, -0.05) is 32.9 Å². The summed E-state index contributed by atoms with van der Waals surface area (Å²) in [6.45, 7) is 6.25. The minimum atomic E-state index is 0.0730. The number of hydrogen-bond acceptors (Lipinski definition) is 2. The SMILES string of the molecule is COc1ccc(CC(=O)CC(C)(C)C)cc1. The van der Waals surface area contributed by atoms with E-state index in [0.717, 1.165) is 11.3 Å². The lowest BCUT2D eigenvalue weighted by Gasteiger charge is -2.16. The molecule has 0 bridgehead atoms. The van der Waals surface area contributed by atoms with Gasteiger partial charge in [0.2, 0.25) is 0 Å². The van der Waals surface area contributed by atoms with E-state index in [1.807, 2.05) is 24.3 Å². The Kier molecular flexibility index (Phi) is 4.11. The van der Waals surface area contributed by atoms with Gasteiger partial charge in [0.25, 0.3) is 0 Å². The lowest BCUT2D eigenvalue weighted by molar-refractivity contribution is -0.120. The predicted octanol–water partition coefficient (Wildman–Crippen LogP) is 3.24. The minimum Gasteiger partial charge on any atom is -0.497 e. The Balaban J connectivity index is 2.56. The van der Waals surface area contributed by atoms with Gasteiger partial charge in [-0.2, -0.15) is 0 Å². The van der Waals surface area contributed by atoms with Crippen molar-refractivity contribution in [3.63, 3.8) is 0 Å². The molecule has 0 fully saturated rings. The van der Waals surface area contributed by atoms with Crippen LogP contribution in [-0.4, -0.2) is 12.9 Å². The molecule has 0 N–H and O–H groups in total. The number of Topliss-reactive ketones (excluding diaryl/α,β-unsaturated/α-hetero) is 1. The molecule has 0 aromatic heterocycles. The van der Waals surface area contributed by atoms with E-state index in [1.54, 1.807) is 7.11 Å². The van der Waals surface area contributed by atoms with Crippen LogP contribution in [0.1, 0.15) is 32.8 Å². The number of rotatable bonds is 4. The van der Waals surface area contributed by atoms with E-state index in [-0.39, 0.29) is 11.2 Å². The van der Waals surface area contributed by atoms with E-state index >= 15 is 0 Å². The Morgan fingerprint density at radius 2 is 1.75 bits per heavy atom. The number of methoxy groups -OCH3 is 1. The number of ether oxygens (including phenoxy) is 1. The zero-order chi connectivity index (χ0) is 12.2. The highest BCUT2D eigenvalue weighted by Crippen LogP contribution is 2.20. The topological polar surface area (TPSA) is 26.3 Å². The zero-order valence-electron chi connectivity index (χ0n) is 10.5. The highest BCUT2D eigenvalue weighted by molar-refractivity contribution is 5.81. The molecule has 0 amide bonds. The van der Waals surface area contributed by atoms with Crippen molar-refractivity contribution < 1.29 is 9.53 Å². The van der Waals surface area contributed by atoms with E-state index < -0.39 is 0 Å². The molecule has 2 nitrogen and oxygen atoms in total. The van der Waals surface area contributed by atoms with Crippen molar-refractivity contribution in [1.82, 2.24) is 0 Å². The van der Waals surface area contributed by atoms with E-state index in [4.69, 9.17) is 4.74 Å². The molecule has 88 valence electrons. The van der Waals surface area contributed by atoms with Gasteiger partial charge in [0.05, 0.1) is 7.11 Å². The first-order valence-electron chi connectivity index (χ1n) is 5.55. The highest BCUT2D eigenvalue weighted by Gasteiger charge is 2.15. The summed E-state index contributed by atoms with van der Waals surface area (Å²) in [6.07, 6.45) is 1.14. The van der Waals surface area contributed by atoms with Crippen molar-refractivity contribution in [1.29, 1.82) is 0 Å². The second-order valence-corrected chi connectivity index (χ2v) is 5.30. The van der Waals surface area contributed by atoms with Gasteiger partial charge in [-0.3, -0.25) is 4.79 Å². The largest absolute Gasteiger partial charge is 0.497 e. The minimum absolute atomic E-state index is 0.0730. The van der Waals surface area contributed by atoms with Gasteiger partial charge in [-0.25, -0.2) is 0 Å². The Morgan fingerprint density at radius 1 is 1.19 bits per heavy atom. The molecule has 0 unspecified atom stereocenters. The summed E-state index contributed by atoms with van der Waals surface area (Å²) in [5, 5.41) is 0. The third kappa shape index (κ3) is 4.47. The maximum atomic E-state index is 11.8. The molecule has 16 heavy (non-hydrogen) atoms. The Labute approximate surface area is 97.6 Å². The second kappa shape index (κ2) is 5.15. The summed E-state index contributed by atoms with van der Waals surface area (Å²) in [6, 6.07) is 7.66. The summed E-state index contributed by atoms with van der Waals surface area (Å²) in [7, 11) is 1.64. The van der Waals surface area contributed by atoms with E-state index in [2.05, 4.69) is 20.8 Å². The molecule has 0 saturated heterocycles. The smallest absolute Gasteiger partial charge is 0.137 e. The van der Waals surface area contributed by atoms with E-state index in [1.165, 1.54) is 0 Å². The molecule has 0 spiro atoms. The van der Waals surface area contributed by atoms with Gasteiger partial charge >= 0.3 is 0 Å². The molecule has 2 heteroatoms. The predicted molar refractivity (Wildman–Crippen MR) is 65.8 cm³/mol. The third-order valence-corrected chi connectivity index (χ3v) is 2.29. The van der Waals surface area contributed by atoms with Crippen LogP contribution in [0.25, 0.3) is 0 Å². The molecule has 1 aromatic rings. The molecule has 0 heterocycles. The Bertz CT molecular complexity index is 344. The lowest BCUT2D eigenvalue weighted by Crippen LogP contribution is -2.14. The first kappa shape index (κ1) is 12.8. The Hall–Kier alpha value is -1.31. The molecule has 0 radical (unpaired) electrons. The van der Waals surface area contributed by atoms with Crippen molar-refractivity contribution in [2.24, 2.45) is 5.41 Å². The number of carbonyl (C=O) groups is 1. The summed E-state index contributed by atoms with van der Waals surface area (Å²) >= 11 is 0. The maximum absolute atomic E-state index is 11.8. The standard InChI is InChI=1S/C14H20O2/c1-14(2,3)10-12(15)9-11-5-7-13(16-4)8-6-11/h5-8H,9-10H2,1-4H3. The van der Waals surface area contributed by atoms with Gasteiger partial charge < -0.3 is 4.74 Å². The van der Waals surface area contributed by atoms with E-state index in [9.17, 15) is 4.79 Å². The molecule has 0 aliphatic heterocycles. The second-order valence-electron chi connectivity index (χ2n) is 5.30. The van der Waals surface area contributed by atoms with Gasteiger partial charge in [-0.15, -0.1) is 0 Å². The normalized spacial score (nSPS) is 11.2. The van der Waals surface area contributed by atoms with Crippen LogP contribution in [0.5, 0.6) is 5.75 Å². The maximum Gasteiger partial charge on any atom is 0.137 e. The van der Waals surface area contributed by atoms with Crippen molar-refractivity contribution in [3.05, 3.63) is 29.8 Å². The molecular weight excluding hydrogens is 200 g/mol. The fourth-order valence-electron chi connectivity index (χ4n) is 1.63. The molecule has 0 aliphatic carbocycles. The quantitative estimate of drug-likeness (QED) is 0.778. The molecular formula is C14H20O2. The number of ketones is 1. The average Bonchev–Trinajstić information content (AvgIpc) is 2.16. The van der Waals surface area contributed by atoms with Crippen molar-refractivity contribution in [2.75, 3.05) is 7.11 Å². The first-order valence-corrected chi connectivity index (χ1v) is 5.55. The van der Waals surface area contributed by atoms with Crippen molar-refractivity contribution in [2.45, 2.75) is 33.6 Å². The van der Waals surface area contributed by atoms with E-state index in [0.29, 0.717) is 12.8 Å². The van der Waals surface area contributed by atoms with Gasteiger partial charge in [0.15, 0.2) is 0 Å². The summed E-state index contributed by atoms with van der Waals surface area (Å²) in [5.74, 6) is 1.12. The zero-order valence-corrected chi connectivity index (χ0v) is 10.5. The molecule has 1 aromatic carbocycles. The van der Waals surface area contributed by atoms with Crippen LogP contribution in [0.15, 0.2) is 24.3 Å². The highest BCUT2D eigenvalue weighted by atomic mass is 16.5. The summed E-state index contributed by atoms with van der Waals surface area (Å²) in [4.78, 5) is 11.8. The fraction of sp³-hybridized carbons (Fsp3) is 0.500. The van der Waals surface area contributed by atoms with Gasteiger partial charge in [0.1, 0.15) is 11.5 Å². The van der Waals surface area contributed by atoms with Crippen molar-refractivity contribution >= 4 is 5.78 Å². The molecule has 1 rings (SSSR count). The number of benzene rings is 1. The van der Waals surface area contributed by atoms with Gasteiger partial charge in [-0.05, 0) is 23.1 Å². The molecule has 0 aliphatic rings. The van der Waals surface area contributed by atoms with Crippen LogP contribution in [0.2, 0.25) is 0 Å². The van der Waals surface area contributed by atoms with Crippen LogP contribution in [0.4, 0.5) is 0 Å². The summed E-state index contributed by atoms with van der Waals surface area (Å²) in [5.41, 5.74) is 1.12. The third-order valence-electron chi connectivity index (χ3n) is 2.29. The molecule has 0 atom stereocenters. The van der Waals surface area contributed by atoms with Crippen LogP contribution in [-0.2, 0) is 11.2 Å². The Morgan fingerprint density at radius 3 is 2.19 bits per heavy atom. The lowest BCUT2D eigenvalue weighted by atomic mass is 9.88. The fourth-order valence-corrected chi connectivity index (χ4v) is 1.63.